The summed E-state index contributed by atoms with van der Waals surface area (Å²) in [5, 5.41) is 0. The Morgan fingerprint density at radius 3 is 2.75 bits per heavy atom. The van der Waals surface area contributed by atoms with E-state index >= 15 is 0 Å². The fourth-order valence-corrected chi connectivity index (χ4v) is 2.97. The van der Waals surface area contributed by atoms with Crippen LogP contribution in [-0.4, -0.2) is 16.7 Å². The average Bonchev–Trinajstić information content (AvgIpc) is 2.76. The summed E-state index contributed by atoms with van der Waals surface area (Å²) < 4.78 is 8.99. The smallest absolute Gasteiger partial charge is 0.182 e. The van der Waals surface area contributed by atoms with Gasteiger partial charge in [0, 0.05) is 10.5 Å². The number of imidazole rings is 1. The minimum Gasteiger partial charge on any atom is -0.497 e. The molecule has 1 N–H and O–H groups in total. The van der Waals surface area contributed by atoms with E-state index < -0.39 is 0 Å². The molecule has 1 heterocycles. The molecule has 3 nitrogen and oxygen atoms in total. The highest BCUT2D eigenvalue weighted by atomic mass is 79.9. The van der Waals surface area contributed by atoms with Gasteiger partial charge in [0.2, 0.25) is 0 Å². The number of ether oxygens (including phenoxy) is 1. The number of nitrogens with zero attached hydrogens (tertiary/aromatic N) is 1. The zero-order chi connectivity index (χ0) is 14.3. The molecule has 20 heavy (non-hydrogen) atoms. The number of nitrogens with one attached hydrogen (secondary N) is 1. The Labute approximate surface area is 130 Å². The van der Waals surface area contributed by atoms with E-state index in [1.807, 2.05) is 28.8 Å². The van der Waals surface area contributed by atoms with E-state index in [4.69, 9.17) is 17.0 Å². The Morgan fingerprint density at radius 2 is 2.00 bits per heavy atom. The molecule has 0 saturated carbocycles. The molecule has 2 aromatic carbocycles. The summed E-state index contributed by atoms with van der Waals surface area (Å²) in [7, 11) is 1.66. The summed E-state index contributed by atoms with van der Waals surface area (Å²) in [5.41, 5.74) is 4.20. The summed E-state index contributed by atoms with van der Waals surface area (Å²) >= 11 is 9.06. The van der Waals surface area contributed by atoms with Gasteiger partial charge in [0.25, 0.3) is 0 Å². The summed E-state index contributed by atoms with van der Waals surface area (Å²) in [5.74, 6) is 0.809. The van der Waals surface area contributed by atoms with Gasteiger partial charge in [-0.05, 0) is 64.9 Å². The molecule has 0 aliphatic rings. The third kappa shape index (κ3) is 2.17. The number of benzene rings is 2. The highest BCUT2D eigenvalue weighted by Gasteiger charge is 2.10. The number of fused-ring (bicyclic) bond motifs is 1. The van der Waals surface area contributed by atoms with Gasteiger partial charge < -0.3 is 9.72 Å². The maximum Gasteiger partial charge on any atom is 0.182 e. The fraction of sp³-hybridized carbons (Fsp3) is 0.133. The summed E-state index contributed by atoms with van der Waals surface area (Å²) in [6.07, 6.45) is 0. The van der Waals surface area contributed by atoms with Crippen molar-refractivity contribution in [3.8, 4) is 11.4 Å². The number of methoxy groups -OCH3 is 1. The second kappa shape index (κ2) is 5.07. The first kappa shape index (κ1) is 13.4. The normalized spacial score (nSPS) is 10.9. The standard InChI is InChI=1S/C15H13BrN2OS/c1-9-3-5-11(16)13(7-9)18-14-8-10(19-2)4-6-12(14)17-15(18)20/h3-8H,1-2H3,(H,17,20). The second-order valence-corrected chi connectivity index (χ2v) is 5.84. The number of aryl methyl sites for hydroxylation is 1. The lowest BCUT2D eigenvalue weighted by molar-refractivity contribution is 0.415. The van der Waals surface area contributed by atoms with Gasteiger partial charge in [-0.25, -0.2) is 0 Å². The maximum atomic E-state index is 5.46. The van der Waals surface area contributed by atoms with Crippen molar-refractivity contribution in [1.29, 1.82) is 0 Å². The molecule has 1 aromatic heterocycles. The molecule has 0 fully saturated rings. The Bertz CT molecular complexity index is 851. The number of aromatic nitrogens is 2. The Hall–Kier alpha value is -1.59. The minimum atomic E-state index is 0.666. The first-order valence-electron chi connectivity index (χ1n) is 6.15. The fourth-order valence-electron chi connectivity index (χ4n) is 2.24. The average molecular weight is 349 g/mol. The van der Waals surface area contributed by atoms with Gasteiger partial charge in [-0.1, -0.05) is 6.07 Å². The highest BCUT2D eigenvalue weighted by molar-refractivity contribution is 9.10. The van der Waals surface area contributed by atoms with Gasteiger partial charge in [-0.3, -0.25) is 4.57 Å². The number of rotatable bonds is 2. The van der Waals surface area contributed by atoms with Gasteiger partial charge in [0.1, 0.15) is 5.75 Å². The lowest BCUT2D eigenvalue weighted by Crippen LogP contribution is -1.96. The number of halogens is 1. The van der Waals surface area contributed by atoms with Crippen LogP contribution < -0.4 is 4.74 Å². The molecule has 3 rings (SSSR count). The lowest BCUT2D eigenvalue weighted by Gasteiger charge is -2.09. The maximum absolute atomic E-state index is 5.46. The largest absolute Gasteiger partial charge is 0.497 e. The molecule has 5 heteroatoms. The van der Waals surface area contributed by atoms with Crippen molar-refractivity contribution in [3.63, 3.8) is 0 Å². The monoisotopic (exact) mass is 348 g/mol. The van der Waals surface area contributed by atoms with Crippen LogP contribution in [0.1, 0.15) is 5.56 Å². The molecule has 0 saturated heterocycles. The van der Waals surface area contributed by atoms with E-state index in [0.717, 1.165) is 26.9 Å². The van der Waals surface area contributed by atoms with Crippen LogP contribution in [-0.2, 0) is 0 Å². The Morgan fingerprint density at radius 1 is 1.20 bits per heavy atom. The Balaban J connectivity index is 2.37. The predicted octanol–water partition coefficient (Wildman–Crippen LogP) is 4.77. The first-order valence-corrected chi connectivity index (χ1v) is 7.35. The van der Waals surface area contributed by atoms with Gasteiger partial charge >= 0.3 is 0 Å². The molecular weight excluding hydrogens is 336 g/mol. The van der Waals surface area contributed by atoms with Gasteiger partial charge in [0.15, 0.2) is 4.77 Å². The second-order valence-electron chi connectivity index (χ2n) is 4.60. The van der Waals surface area contributed by atoms with Crippen molar-refractivity contribution in [3.05, 3.63) is 51.2 Å². The molecule has 0 aliphatic carbocycles. The SMILES string of the molecule is COc1ccc2[nH]c(=S)n(-c3cc(C)ccc3Br)c2c1. The van der Waals surface area contributed by atoms with Crippen LogP contribution in [0.15, 0.2) is 40.9 Å². The molecule has 0 aliphatic heterocycles. The zero-order valence-electron chi connectivity index (χ0n) is 11.1. The van der Waals surface area contributed by atoms with Gasteiger partial charge in [-0.15, -0.1) is 0 Å². The Kier molecular flexibility index (Phi) is 3.40. The summed E-state index contributed by atoms with van der Waals surface area (Å²) in [6, 6.07) is 12.1. The van der Waals surface area contributed by atoms with E-state index in [1.165, 1.54) is 5.56 Å². The molecule has 0 bridgehead atoms. The van der Waals surface area contributed by atoms with Crippen LogP contribution in [0.25, 0.3) is 16.7 Å². The van der Waals surface area contributed by atoms with Crippen LogP contribution >= 0.6 is 28.1 Å². The molecule has 102 valence electrons. The van der Waals surface area contributed by atoms with E-state index in [1.54, 1.807) is 7.11 Å². The van der Waals surface area contributed by atoms with E-state index in [-0.39, 0.29) is 0 Å². The number of hydrogen-bond donors (Lipinski definition) is 1. The van der Waals surface area contributed by atoms with Crippen LogP contribution in [0.3, 0.4) is 0 Å². The molecule has 0 spiro atoms. The van der Waals surface area contributed by atoms with Crippen molar-refractivity contribution >= 4 is 39.2 Å². The lowest BCUT2D eigenvalue weighted by atomic mass is 10.2. The molecular formula is C15H13BrN2OS. The van der Waals surface area contributed by atoms with Gasteiger partial charge in [-0.2, -0.15) is 0 Å². The number of H-pyrrole nitrogens is 1. The van der Waals surface area contributed by atoms with Crippen LogP contribution in [0.4, 0.5) is 0 Å². The highest BCUT2D eigenvalue weighted by Crippen LogP contribution is 2.28. The first-order chi connectivity index (χ1) is 9.60. The van der Waals surface area contributed by atoms with Crippen LogP contribution in [0.2, 0.25) is 0 Å². The van der Waals surface area contributed by atoms with Crippen LogP contribution in [0, 0.1) is 11.7 Å². The minimum absolute atomic E-state index is 0.666. The number of hydrogen-bond acceptors (Lipinski definition) is 2. The van der Waals surface area contributed by atoms with Crippen molar-refractivity contribution in [2.24, 2.45) is 0 Å². The quantitative estimate of drug-likeness (QED) is 0.676. The molecule has 0 radical (unpaired) electrons. The van der Waals surface area contributed by atoms with E-state index in [2.05, 4.69) is 40.0 Å². The topological polar surface area (TPSA) is 29.9 Å². The summed E-state index contributed by atoms with van der Waals surface area (Å²) in [4.78, 5) is 3.22. The van der Waals surface area contributed by atoms with Gasteiger partial charge in [0.05, 0.1) is 23.8 Å². The molecule has 3 aromatic rings. The van der Waals surface area contributed by atoms with Crippen molar-refractivity contribution in [2.45, 2.75) is 6.92 Å². The predicted molar refractivity (Wildman–Crippen MR) is 87.4 cm³/mol. The molecule has 0 unspecified atom stereocenters. The molecule has 0 atom stereocenters. The third-order valence-electron chi connectivity index (χ3n) is 3.23. The van der Waals surface area contributed by atoms with Crippen molar-refractivity contribution in [1.82, 2.24) is 9.55 Å². The summed E-state index contributed by atoms with van der Waals surface area (Å²) in [6.45, 7) is 2.06. The van der Waals surface area contributed by atoms with E-state index in [0.29, 0.717) is 4.77 Å². The van der Waals surface area contributed by atoms with Crippen molar-refractivity contribution in [2.75, 3.05) is 7.11 Å². The number of aromatic amines is 1. The van der Waals surface area contributed by atoms with Crippen molar-refractivity contribution < 1.29 is 4.74 Å². The van der Waals surface area contributed by atoms with E-state index in [9.17, 15) is 0 Å². The zero-order valence-corrected chi connectivity index (χ0v) is 13.5. The third-order valence-corrected chi connectivity index (χ3v) is 4.19. The molecule has 0 amide bonds. The van der Waals surface area contributed by atoms with Crippen LogP contribution in [0.5, 0.6) is 5.75 Å².